The molecule has 0 radical (unpaired) electrons. The Morgan fingerprint density at radius 3 is 2.59 bits per heavy atom. The third-order valence-corrected chi connectivity index (χ3v) is 6.02. The smallest absolute Gasteiger partial charge is 0.277 e. The van der Waals surface area contributed by atoms with Crippen molar-refractivity contribution in [2.24, 2.45) is 5.10 Å². The van der Waals surface area contributed by atoms with Crippen molar-refractivity contribution in [2.75, 3.05) is 24.6 Å². The van der Waals surface area contributed by atoms with E-state index in [4.69, 9.17) is 9.84 Å². The fourth-order valence-corrected chi connectivity index (χ4v) is 4.25. The van der Waals surface area contributed by atoms with Crippen LogP contribution in [0.4, 0.5) is 5.82 Å². The Hall–Kier alpha value is -3.61. The van der Waals surface area contributed by atoms with Crippen LogP contribution in [-0.2, 0) is 4.79 Å². The molecule has 1 amide bonds. The standard InChI is InChI=1S/C27H33N5O2/c1-19(2)23-13-12-20(3)16-25(23)34-18-26(33)29-28-17-24-21(4)30-32(22-10-6-5-7-11-22)27(24)31-14-8-9-15-31/h5-7,10-13,16-17,19H,8-9,14-15,18H2,1-4H3,(H,29,33)/b28-17-. The van der Waals surface area contributed by atoms with Crippen molar-refractivity contribution in [3.8, 4) is 11.4 Å². The third-order valence-electron chi connectivity index (χ3n) is 6.02. The van der Waals surface area contributed by atoms with E-state index in [-0.39, 0.29) is 12.5 Å². The lowest BCUT2D eigenvalue weighted by molar-refractivity contribution is -0.123. The quantitative estimate of drug-likeness (QED) is 0.390. The number of para-hydroxylation sites is 1. The lowest BCUT2D eigenvalue weighted by Gasteiger charge is -2.20. The van der Waals surface area contributed by atoms with E-state index >= 15 is 0 Å². The van der Waals surface area contributed by atoms with E-state index < -0.39 is 0 Å². The van der Waals surface area contributed by atoms with E-state index in [1.165, 1.54) is 0 Å². The monoisotopic (exact) mass is 459 g/mol. The first kappa shape index (κ1) is 23.5. The molecule has 1 fully saturated rings. The maximum absolute atomic E-state index is 12.4. The van der Waals surface area contributed by atoms with Crippen molar-refractivity contribution in [3.63, 3.8) is 0 Å². The van der Waals surface area contributed by atoms with Gasteiger partial charge in [0.05, 0.1) is 23.2 Å². The average molecular weight is 460 g/mol. The Kier molecular flexibility index (Phi) is 7.30. The van der Waals surface area contributed by atoms with Crippen LogP contribution in [0.2, 0.25) is 0 Å². The molecule has 2 heterocycles. The molecule has 1 saturated heterocycles. The minimum atomic E-state index is -0.303. The van der Waals surface area contributed by atoms with E-state index in [2.05, 4.69) is 41.4 Å². The molecule has 0 aliphatic carbocycles. The number of hydrogen-bond acceptors (Lipinski definition) is 5. The van der Waals surface area contributed by atoms with E-state index in [1.807, 2.05) is 54.9 Å². The zero-order valence-electron chi connectivity index (χ0n) is 20.4. The second-order valence-electron chi connectivity index (χ2n) is 9.04. The molecule has 0 spiro atoms. The van der Waals surface area contributed by atoms with Crippen molar-refractivity contribution in [2.45, 2.75) is 46.5 Å². The molecule has 7 heteroatoms. The molecule has 178 valence electrons. The van der Waals surface area contributed by atoms with Gasteiger partial charge in [0.1, 0.15) is 11.6 Å². The minimum Gasteiger partial charge on any atom is -0.483 e. The average Bonchev–Trinajstić information content (AvgIpc) is 3.46. The molecule has 7 nitrogen and oxygen atoms in total. The van der Waals surface area contributed by atoms with Crippen LogP contribution >= 0.6 is 0 Å². The van der Waals surface area contributed by atoms with Gasteiger partial charge in [-0.05, 0) is 61.9 Å². The van der Waals surface area contributed by atoms with Gasteiger partial charge in [0.25, 0.3) is 5.91 Å². The largest absolute Gasteiger partial charge is 0.483 e. The normalized spacial score (nSPS) is 13.7. The van der Waals surface area contributed by atoms with Gasteiger partial charge in [-0.1, -0.05) is 44.2 Å². The number of rotatable bonds is 8. The summed E-state index contributed by atoms with van der Waals surface area (Å²) in [6.07, 6.45) is 4.00. The molecule has 1 aromatic heterocycles. The molecule has 34 heavy (non-hydrogen) atoms. The Morgan fingerprint density at radius 1 is 1.15 bits per heavy atom. The van der Waals surface area contributed by atoms with Crippen molar-refractivity contribution >= 4 is 17.9 Å². The van der Waals surface area contributed by atoms with Gasteiger partial charge in [0, 0.05) is 13.1 Å². The van der Waals surface area contributed by atoms with Crippen molar-refractivity contribution in [1.29, 1.82) is 0 Å². The first-order chi connectivity index (χ1) is 16.4. The van der Waals surface area contributed by atoms with Crippen LogP contribution in [0, 0.1) is 13.8 Å². The van der Waals surface area contributed by atoms with E-state index in [0.29, 0.717) is 5.92 Å². The van der Waals surface area contributed by atoms with Gasteiger partial charge in [-0.25, -0.2) is 10.1 Å². The van der Waals surface area contributed by atoms with Gasteiger partial charge in [-0.15, -0.1) is 0 Å². The van der Waals surface area contributed by atoms with Gasteiger partial charge < -0.3 is 9.64 Å². The number of carbonyl (C=O) groups is 1. The summed E-state index contributed by atoms with van der Waals surface area (Å²) in [5.74, 6) is 1.76. The molecular formula is C27H33N5O2. The number of aromatic nitrogens is 2. The number of nitrogens with one attached hydrogen (secondary N) is 1. The second-order valence-corrected chi connectivity index (χ2v) is 9.04. The number of hydrogen-bond donors (Lipinski definition) is 1. The van der Waals surface area contributed by atoms with Crippen molar-refractivity contribution in [1.82, 2.24) is 15.2 Å². The summed E-state index contributed by atoms with van der Waals surface area (Å²) in [4.78, 5) is 14.8. The predicted molar refractivity (Wildman–Crippen MR) is 136 cm³/mol. The lowest BCUT2D eigenvalue weighted by Crippen LogP contribution is -2.25. The van der Waals surface area contributed by atoms with Gasteiger partial charge in [-0.3, -0.25) is 4.79 Å². The summed E-state index contributed by atoms with van der Waals surface area (Å²) in [6.45, 7) is 10.1. The summed E-state index contributed by atoms with van der Waals surface area (Å²) in [5.41, 5.74) is 7.56. The van der Waals surface area contributed by atoms with E-state index in [9.17, 15) is 4.79 Å². The van der Waals surface area contributed by atoms with Gasteiger partial charge >= 0.3 is 0 Å². The maximum Gasteiger partial charge on any atom is 0.277 e. The number of carbonyl (C=O) groups excluding carboxylic acids is 1. The van der Waals surface area contributed by atoms with Gasteiger partial charge in [0.15, 0.2) is 6.61 Å². The molecule has 3 aromatic rings. The van der Waals surface area contributed by atoms with Crippen LogP contribution in [-0.4, -0.2) is 41.6 Å². The molecule has 0 atom stereocenters. The van der Waals surface area contributed by atoms with Gasteiger partial charge in [-0.2, -0.15) is 10.2 Å². The maximum atomic E-state index is 12.4. The van der Waals surface area contributed by atoms with Crippen LogP contribution in [0.25, 0.3) is 5.69 Å². The highest BCUT2D eigenvalue weighted by atomic mass is 16.5. The van der Waals surface area contributed by atoms with E-state index in [1.54, 1.807) is 6.21 Å². The fraction of sp³-hybridized carbons (Fsp3) is 0.370. The molecule has 1 N–H and O–H groups in total. The van der Waals surface area contributed by atoms with Crippen LogP contribution < -0.4 is 15.1 Å². The van der Waals surface area contributed by atoms with Crippen molar-refractivity contribution < 1.29 is 9.53 Å². The number of ether oxygens (including phenoxy) is 1. The third kappa shape index (κ3) is 5.30. The lowest BCUT2D eigenvalue weighted by atomic mass is 10.0. The van der Waals surface area contributed by atoms with Crippen LogP contribution in [0.15, 0.2) is 53.6 Å². The number of nitrogens with zero attached hydrogens (tertiary/aromatic N) is 4. The predicted octanol–water partition coefficient (Wildman–Crippen LogP) is 4.74. The number of amides is 1. The molecule has 1 aliphatic rings. The number of anilines is 1. The summed E-state index contributed by atoms with van der Waals surface area (Å²) in [5, 5.41) is 9.02. The summed E-state index contributed by atoms with van der Waals surface area (Å²) in [7, 11) is 0. The van der Waals surface area contributed by atoms with E-state index in [0.717, 1.165) is 65.6 Å². The van der Waals surface area contributed by atoms with Crippen LogP contribution in [0.1, 0.15) is 55.0 Å². The second kappa shape index (κ2) is 10.5. The zero-order chi connectivity index (χ0) is 24.1. The first-order valence-corrected chi connectivity index (χ1v) is 11.9. The number of hydrazone groups is 1. The SMILES string of the molecule is Cc1ccc(C(C)C)c(OCC(=O)N/N=C\c2c(C)nn(-c3ccccc3)c2N2CCCC2)c1. The molecule has 0 saturated carbocycles. The Labute approximate surface area is 201 Å². The Morgan fingerprint density at radius 2 is 1.88 bits per heavy atom. The van der Waals surface area contributed by atoms with Crippen LogP contribution in [0.5, 0.6) is 5.75 Å². The number of benzene rings is 2. The molecule has 0 bridgehead atoms. The van der Waals surface area contributed by atoms with Crippen molar-refractivity contribution in [3.05, 3.63) is 70.9 Å². The molecular weight excluding hydrogens is 426 g/mol. The Bertz CT molecular complexity index is 1160. The molecule has 0 unspecified atom stereocenters. The summed E-state index contributed by atoms with van der Waals surface area (Å²) >= 11 is 0. The number of aryl methyl sites for hydroxylation is 2. The molecule has 4 rings (SSSR count). The van der Waals surface area contributed by atoms with Crippen LogP contribution in [0.3, 0.4) is 0 Å². The minimum absolute atomic E-state index is 0.0955. The molecule has 1 aliphatic heterocycles. The Balaban J connectivity index is 1.48. The summed E-state index contributed by atoms with van der Waals surface area (Å²) < 4.78 is 7.79. The first-order valence-electron chi connectivity index (χ1n) is 11.9. The topological polar surface area (TPSA) is 71.7 Å². The zero-order valence-corrected chi connectivity index (χ0v) is 20.4. The molecule has 2 aromatic carbocycles. The highest BCUT2D eigenvalue weighted by molar-refractivity contribution is 5.90. The summed E-state index contributed by atoms with van der Waals surface area (Å²) in [6, 6.07) is 16.2. The fourth-order valence-electron chi connectivity index (χ4n) is 4.25. The highest BCUT2D eigenvalue weighted by Gasteiger charge is 2.23. The van der Waals surface area contributed by atoms with Gasteiger partial charge in [0.2, 0.25) is 0 Å². The highest BCUT2D eigenvalue weighted by Crippen LogP contribution is 2.29.